The van der Waals surface area contributed by atoms with Crippen LogP contribution in [0.5, 0.6) is 0 Å². The summed E-state index contributed by atoms with van der Waals surface area (Å²) in [5.74, 6) is -0.881. The molecule has 3 N–H and O–H groups in total. The highest BCUT2D eigenvalue weighted by molar-refractivity contribution is 5.98. The number of nitrogens with zero attached hydrogens (tertiary/aromatic N) is 2. The Hall–Kier alpha value is -1.69. The summed E-state index contributed by atoms with van der Waals surface area (Å²) in [6, 6.07) is 1.45. The van der Waals surface area contributed by atoms with Gasteiger partial charge in [-0.1, -0.05) is 6.42 Å². The van der Waals surface area contributed by atoms with Crippen LogP contribution in [0.15, 0.2) is 12.3 Å². The van der Waals surface area contributed by atoms with Crippen LogP contribution in [0.2, 0.25) is 0 Å². The van der Waals surface area contributed by atoms with Gasteiger partial charge in [-0.15, -0.1) is 0 Å². The highest BCUT2D eigenvalue weighted by Crippen LogP contribution is 2.15. The molecule has 0 radical (unpaired) electrons. The lowest BCUT2D eigenvalue weighted by Crippen LogP contribution is -2.44. The summed E-state index contributed by atoms with van der Waals surface area (Å²) in [5, 5.41) is 2.80. The van der Waals surface area contributed by atoms with Crippen molar-refractivity contribution in [2.75, 3.05) is 25.9 Å². The number of aromatic nitrogens is 1. The molecule has 1 aromatic rings. The number of nitrogens with two attached hydrogens (primary N) is 1. The van der Waals surface area contributed by atoms with E-state index in [9.17, 15) is 9.18 Å². The SMILES string of the molecule is CN1CCCCC1CNC(=O)c1cc(F)cnc1N. The molecule has 0 spiro atoms. The van der Waals surface area contributed by atoms with E-state index < -0.39 is 5.82 Å². The molecule has 1 unspecified atom stereocenters. The maximum atomic E-state index is 13.1. The Labute approximate surface area is 112 Å². The maximum Gasteiger partial charge on any atom is 0.255 e. The molecular weight excluding hydrogens is 247 g/mol. The minimum Gasteiger partial charge on any atom is -0.383 e. The molecule has 19 heavy (non-hydrogen) atoms. The van der Waals surface area contributed by atoms with Crippen molar-refractivity contribution in [3.8, 4) is 0 Å². The number of pyridine rings is 1. The number of halogens is 1. The summed E-state index contributed by atoms with van der Waals surface area (Å²) >= 11 is 0. The molecule has 1 atom stereocenters. The molecule has 0 aliphatic carbocycles. The summed E-state index contributed by atoms with van der Waals surface area (Å²) in [5.41, 5.74) is 5.67. The molecule has 0 aromatic carbocycles. The largest absolute Gasteiger partial charge is 0.383 e. The molecule has 1 aliphatic rings. The standard InChI is InChI=1S/C13H19FN4O/c1-18-5-3-2-4-10(18)8-17-13(19)11-6-9(14)7-16-12(11)15/h6-7,10H,2-5,8H2,1H3,(H2,15,16)(H,17,19). The molecule has 1 saturated heterocycles. The minimum absolute atomic E-state index is 0.0518. The normalized spacial score (nSPS) is 20.2. The number of carbonyl (C=O) groups is 1. The van der Waals surface area contributed by atoms with Gasteiger partial charge in [-0.2, -0.15) is 0 Å². The van der Waals surface area contributed by atoms with E-state index in [4.69, 9.17) is 5.73 Å². The van der Waals surface area contributed by atoms with E-state index in [2.05, 4.69) is 15.2 Å². The van der Waals surface area contributed by atoms with Crippen molar-refractivity contribution in [1.82, 2.24) is 15.2 Å². The fraction of sp³-hybridized carbons (Fsp3) is 0.538. The van der Waals surface area contributed by atoms with Crippen LogP contribution in [-0.4, -0.2) is 42.0 Å². The predicted molar refractivity (Wildman–Crippen MR) is 71.2 cm³/mol. The molecule has 1 aliphatic heterocycles. The van der Waals surface area contributed by atoms with E-state index >= 15 is 0 Å². The number of piperidine rings is 1. The van der Waals surface area contributed by atoms with Gasteiger partial charge in [0.2, 0.25) is 0 Å². The topological polar surface area (TPSA) is 71.2 Å². The Morgan fingerprint density at radius 3 is 3.16 bits per heavy atom. The van der Waals surface area contributed by atoms with E-state index in [0.717, 1.165) is 25.2 Å². The van der Waals surface area contributed by atoms with Crippen LogP contribution in [0.3, 0.4) is 0 Å². The summed E-state index contributed by atoms with van der Waals surface area (Å²) in [4.78, 5) is 17.8. The molecule has 1 fully saturated rings. The fourth-order valence-corrected chi connectivity index (χ4v) is 2.34. The number of amides is 1. The maximum absolute atomic E-state index is 13.1. The van der Waals surface area contributed by atoms with E-state index in [1.807, 2.05) is 7.05 Å². The molecule has 0 bridgehead atoms. The summed E-state index contributed by atoms with van der Waals surface area (Å²) in [6.45, 7) is 1.59. The summed E-state index contributed by atoms with van der Waals surface area (Å²) < 4.78 is 13.1. The van der Waals surface area contributed by atoms with Crippen LogP contribution >= 0.6 is 0 Å². The second kappa shape index (κ2) is 5.97. The number of nitrogen functional groups attached to an aromatic ring is 1. The van der Waals surface area contributed by atoms with Crippen LogP contribution in [0.25, 0.3) is 0 Å². The third-order valence-corrected chi connectivity index (χ3v) is 3.55. The van der Waals surface area contributed by atoms with E-state index in [-0.39, 0.29) is 17.3 Å². The van der Waals surface area contributed by atoms with Gasteiger partial charge in [0, 0.05) is 12.6 Å². The first-order chi connectivity index (χ1) is 9.08. The van der Waals surface area contributed by atoms with Crippen molar-refractivity contribution in [3.05, 3.63) is 23.6 Å². The van der Waals surface area contributed by atoms with Crippen molar-refractivity contribution in [2.45, 2.75) is 25.3 Å². The summed E-state index contributed by atoms with van der Waals surface area (Å²) in [6.07, 6.45) is 4.44. The van der Waals surface area contributed by atoms with Crippen molar-refractivity contribution in [3.63, 3.8) is 0 Å². The van der Waals surface area contributed by atoms with Crippen molar-refractivity contribution < 1.29 is 9.18 Å². The Balaban J connectivity index is 1.95. The smallest absolute Gasteiger partial charge is 0.255 e. The van der Waals surface area contributed by atoms with Gasteiger partial charge in [0.25, 0.3) is 5.91 Å². The number of rotatable bonds is 3. The van der Waals surface area contributed by atoms with Crippen LogP contribution < -0.4 is 11.1 Å². The van der Waals surface area contributed by atoms with Crippen LogP contribution in [0.4, 0.5) is 10.2 Å². The van der Waals surface area contributed by atoms with Gasteiger partial charge in [-0.25, -0.2) is 9.37 Å². The average molecular weight is 266 g/mol. The van der Waals surface area contributed by atoms with Crippen LogP contribution in [0, 0.1) is 5.82 Å². The van der Waals surface area contributed by atoms with Crippen LogP contribution in [-0.2, 0) is 0 Å². The Kier molecular flexibility index (Phi) is 4.31. The fourth-order valence-electron chi connectivity index (χ4n) is 2.34. The van der Waals surface area contributed by atoms with Crippen molar-refractivity contribution in [1.29, 1.82) is 0 Å². The second-order valence-corrected chi connectivity index (χ2v) is 4.93. The Morgan fingerprint density at radius 2 is 2.42 bits per heavy atom. The van der Waals surface area contributed by atoms with E-state index in [1.54, 1.807) is 0 Å². The average Bonchev–Trinajstić information content (AvgIpc) is 2.40. The van der Waals surface area contributed by atoms with Gasteiger partial charge in [0.05, 0.1) is 11.8 Å². The number of likely N-dealkylation sites (tertiary alicyclic amines) is 1. The van der Waals surface area contributed by atoms with Crippen molar-refractivity contribution in [2.24, 2.45) is 0 Å². The highest BCUT2D eigenvalue weighted by atomic mass is 19.1. The predicted octanol–water partition coefficient (Wildman–Crippen LogP) is 1.02. The quantitative estimate of drug-likeness (QED) is 0.856. The number of anilines is 1. The molecule has 2 rings (SSSR count). The minimum atomic E-state index is -0.561. The van der Waals surface area contributed by atoms with Gasteiger partial charge in [-0.05, 0) is 32.5 Å². The molecule has 104 valence electrons. The first-order valence-corrected chi connectivity index (χ1v) is 6.47. The second-order valence-electron chi connectivity index (χ2n) is 4.93. The molecule has 0 saturated carbocycles. The number of likely N-dealkylation sites (N-methyl/N-ethyl adjacent to an activating group) is 1. The molecule has 2 heterocycles. The number of hydrogen-bond acceptors (Lipinski definition) is 4. The number of nitrogens with one attached hydrogen (secondary N) is 1. The Morgan fingerprint density at radius 1 is 1.63 bits per heavy atom. The van der Waals surface area contributed by atoms with Gasteiger partial charge >= 0.3 is 0 Å². The lowest BCUT2D eigenvalue weighted by Gasteiger charge is -2.32. The van der Waals surface area contributed by atoms with E-state index in [1.165, 1.54) is 12.8 Å². The Bertz CT molecular complexity index is 466. The molecule has 1 amide bonds. The zero-order valence-corrected chi connectivity index (χ0v) is 11.0. The van der Waals surface area contributed by atoms with Crippen LogP contribution in [0.1, 0.15) is 29.6 Å². The third-order valence-electron chi connectivity index (χ3n) is 3.55. The first-order valence-electron chi connectivity index (χ1n) is 6.47. The molecular formula is C13H19FN4O. The van der Waals surface area contributed by atoms with Crippen molar-refractivity contribution >= 4 is 11.7 Å². The van der Waals surface area contributed by atoms with Gasteiger partial charge in [-0.3, -0.25) is 4.79 Å². The molecule has 1 aromatic heterocycles. The first kappa shape index (κ1) is 13.7. The molecule has 5 nitrogen and oxygen atoms in total. The molecule has 6 heteroatoms. The summed E-state index contributed by atoms with van der Waals surface area (Å²) in [7, 11) is 2.05. The highest BCUT2D eigenvalue weighted by Gasteiger charge is 2.20. The van der Waals surface area contributed by atoms with E-state index in [0.29, 0.717) is 12.6 Å². The van der Waals surface area contributed by atoms with Gasteiger partial charge in [0.1, 0.15) is 11.6 Å². The van der Waals surface area contributed by atoms with Gasteiger partial charge in [0.15, 0.2) is 0 Å². The zero-order valence-electron chi connectivity index (χ0n) is 11.0. The third kappa shape index (κ3) is 3.41. The van der Waals surface area contributed by atoms with Gasteiger partial charge < -0.3 is 16.0 Å². The number of hydrogen-bond donors (Lipinski definition) is 2. The number of carbonyl (C=O) groups excluding carboxylic acids is 1. The monoisotopic (exact) mass is 266 g/mol. The zero-order chi connectivity index (χ0) is 13.8. The lowest BCUT2D eigenvalue weighted by molar-refractivity contribution is 0.0928. The lowest BCUT2D eigenvalue weighted by atomic mass is 10.0.